The van der Waals surface area contributed by atoms with Gasteiger partial charge in [-0.05, 0) is 29.8 Å². The average Bonchev–Trinajstić information content (AvgIpc) is 2.56. The van der Waals surface area contributed by atoms with E-state index in [0.717, 1.165) is 11.3 Å². The highest BCUT2D eigenvalue weighted by molar-refractivity contribution is 6.00. The minimum absolute atomic E-state index is 0.00379. The SMILES string of the molecule is CN(C)c1ccc(C(=O)[C@@H](NCCO)c2ccccc2)cc1. The molecule has 0 saturated heterocycles. The summed E-state index contributed by atoms with van der Waals surface area (Å²) in [5, 5.41) is 12.1. The highest BCUT2D eigenvalue weighted by Crippen LogP contribution is 2.20. The van der Waals surface area contributed by atoms with Crippen LogP contribution >= 0.6 is 0 Å². The third-order valence-electron chi connectivity index (χ3n) is 3.52. The second-order valence-corrected chi connectivity index (χ2v) is 5.33. The zero-order valence-electron chi connectivity index (χ0n) is 13.0. The Morgan fingerprint density at radius 3 is 2.27 bits per heavy atom. The van der Waals surface area contributed by atoms with Crippen LogP contribution < -0.4 is 10.2 Å². The summed E-state index contributed by atoms with van der Waals surface area (Å²) in [7, 11) is 3.93. The first-order chi connectivity index (χ1) is 10.6. The van der Waals surface area contributed by atoms with Crippen molar-refractivity contribution in [2.24, 2.45) is 0 Å². The Labute approximate surface area is 131 Å². The molecule has 0 aliphatic carbocycles. The highest BCUT2D eigenvalue weighted by atomic mass is 16.3. The molecule has 2 rings (SSSR count). The lowest BCUT2D eigenvalue weighted by molar-refractivity contribution is 0.0940. The fraction of sp³-hybridized carbons (Fsp3) is 0.278. The van der Waals surface area contributed by atoms with E-state index in [-0.39, 0.29) is 12.4 Å². The predicted molar refractivity (Wildman–Crippen MR) is 89.4 cm³/mol. The van der Waals surface area contributed by atoms with Crippen molar-refractivity contribution in [3.8, 4) is 0 Å². The summed E-state index contributed by atoms with van der Waals surface area (Å²) < 4.78 is 0. The smallest absolute Gasteiger partial charge is 0.184 e. The fourth-order valence-corrected chi connectivity index (χ4v) is 2.31. The number of nitrogens with one attached hydrogen (secondary N) is 1. The minimum Gasteiger partial charge on any atom is -0.395 e. The van der Waals surface area contributed by atoms with E-state index in [9.17, 15) is 4.79 Å². The van der Waals surface area contributed by atoms with Gasteiger partial charge in [0.05, 0.1) is 12.6 Å². The van der Waals surface area contributed by atoms with Crippen molar-refractivity contribution < 1.29 is 9.90 Å². The monoisotopic (exact) mass is 298 g/mol. The number of aliphatic hydroxyl groups is 1. The maximum absolute atomic E-state index is 12.8. The highest BCUT2D eigenvalue weighted by Gasteiger charge is 2.21. The van der Waals surface area contributed by atoms with E-state index in [1.807, 2.05) is 73.6 Å². The van der Waals surface area contributed by atoms with Crippen molar-refractivity contribution in [1.82, 2.24) is 5.32 Å². The van der Waals surface area contributed by atoms with Crippen LogP contribution in [0.1, 0.15) is 22.0 Å². The molecule has 0 aromatic heterocycles. The number of Topliss-reactive ketones (excluding diaryl/α,β-unsaturated/α-hetero) is 1. The summed E-state index contributed by atoms with van der Waals surface area (Å²) >= 11 is 0. The standard InChI is InChI=1S/C18H22N2O2/c1-20(2)16-10-8-15(9-11-16)18(22)17(19-12-13-21)14-6-4-3-5-7-14/h3-11,17,19,21H,12-13H2,1-2H3/t17-/m0/s1. The first-order valence-corrected chi connectivity index (χ1v) is 7.34. The van der Waals surface area contributed by atoms with E-state index in [1.165, 1.54) is 0 Å². The third kappa shape index (κ3) is 3.93. The van der Waals surface area contributed by atoms with Gasteiger partial charge in [-0.25, -0.2) is 0 Å². The lowest BCUT2D eigenvalue weighted by Gasteiger charge is -2.18. The Bertz CT molecular complexity index is 594. The molecular formula is C18H22N2O2. The average molecular weight is 298 g/mol. The van der Waals surface area contributed by atoms with Gasteiger partial charge in [0.2, 0.25) is 0 Å². The van der Waals surface area contributed by atoms with Gasteiger partial charge in [0.15, 0.2) is 5.78 Å². The summed E-state index contributed by atoms with van der Waals surface area (Å²) in [6.45, 7) is 0.372. The number of carbonyl (C=O) groups is 1. The van der Waals surface area contributed by atoms with Gasteiger partial charge >= 0.3 is 0 Å². The first-order valence-electron chi connectivity index (χ1n) is 7.34. The van der Waals surface area contributed by atoms with Crippen molar-refractivity contribution >= 4 is 11.5 Å². The summed E-state index contributed by atoms with van der Waals surface area (Å²) in [6.07, 6.45) is 0. The number of carbonyl (C=O) groups excluding carboxylic acids is 1. The summed E-state index contributed by atoms with van der Waals surface area (Å²) in [5.74, 6) is 0.00459. The molecule has 4 nitrogen and oxygen atoms in total. The molecule has 0 fully saturated rings. The number of anilines is 1. The molecule has 22 heavy (non-hydrogen) atoms. The minimum atomic E-state index is -0.446. The molecule has 0 spiro atoms. The first kappa shape index (κ1) is 16.2. The maximum Gasteiger partial charge on any atom is 0.184 e. The van der Waals surface area contributed by atoms with Gasteiger partial charge in [0.25, 0.3) is 0 Å². The number of ketones is 1. The quantitative estimate of drug-likeness (QED) is 0.770. The van der Waals surface area contributed by atoms with Gasteiger partial charge in [-0.2, -0.15) is 0 Å². The number of nitrogens with zero attached hydrogens (tertiary/aromatic N) is 1. The second kappa shape index (κ2) is 7.73. The summed E-state index contributed by atoms with van der Waals surface area (Å²) in [6, 6.07) is 16.7. The topological polar surface area (TPSA) is 52.6 Å². The zero-order chi connectivity index (χ0) is 15.9. The maximum atomic E-state index is 12.8. The molecule has 2 aromatic rings. The summed E-state index contributed by atoms with van der Waals surface area (Å²) in [4.78, 5) is 14.8. The molecule has 0 unspecified atom stereocenters. The number of benzene rings is 2. The van der Waals surface area contributed by atoms with E-state index in [2.05, 4.69) is 5.32 Å². The van der Waals surface area contributed by atoms with E-state index in [4.69, 9.17) is 5.11 Å². The van der Waals surface area contributed by atoms with E-state index in [1.54, 1.807) is 0 Å². The predicted octanol–water partition coefficient (Wildman–Crippen LogP) is 2.26. The molecule has 4 heteroatoms. The van der Waals surface area contributed by atoms with Gasteiger partial charge in [0, 0.05) is 31.9 Å². The van der Waals surface area contributed by atoms with Crippen LogP contribution in [0.3, 0.4) is 0 Å². The Morgan fingerprint density at radius 2 is 1.73 bits per heavy atom. The van der Waals surface area contributed by atoms with Crippen LogP contribution in [0, 0.1) is 0 Å². The van der Waals surface area contributed by atoms with Gasteiger partial charge < -0.3 is 15.3 Å². The second-order valence-electron chi connectivity index (χ2n) is 5.33. The molecule has 0 aliphatic rings. The van der Waals surface area contributed by atoms with Crippen LogP contribution in [0.2, 0.25) is 0 Å². The van der Waals surface area contributed by atoms with Crippen molar-refractivity contribution in [2.45, 2.75) is 6.04 Å². The van der Waals surface area contributed by atoms with Crippen LogP contribution in [0.5, 0.6) is 0 Å². The number of hydrogen-bond acceptors (Lipinski definition) is 4. The van der Waals surface area contributed by atoms with Crippen LogP contribution in [-0.2, 0) is 0 Å². The van der Waals surface area contributed by atoms with Crippen molar-refractivity contribution in [1.29, 1.82) is 0 Å². The molecule has 2 N–H and O–H groups in total. The number of aliphatic hydroxyl groups excluding tert-OH is 1. The molecule has 0 heterocycles. The molecule has 0 saturated carbocycles. The van der Waals surface area contributed by atoms with E-state index in [0.29, 0.717) is 12.1 Å². The van der Waals surface area contributed by atoms with Crippen molar-refractivity contribution in [3.63, 3.8) is 0 Å². The lowest BCUT2D eigenvalue weighted by atomic mass is 9.97. The molecule has 0 aliphatic heterocycles. The Hall–Kier alpha value is -2.17. The fourth-order valence-electron chi connectivity index (χ4n) is 2.31. The van der Waals surface area contributed by atoms with Crippen LogP contribution in [0.15, 0.2) is 54.6 Å². The normalized spacial score (nSPS) is 12.0. The largest absolute Gasteiger partial charge is 0.395 e. The third-order valence-corrected chi connectivity index (χ3v) is 3.52. The van der Waals surface area contributed by atoms with Gasteiger partial charge in [-0.1, -0.05) is 30.3 Å². The molecule has 2 aromatic carbocycles. The van der Waals surface area contributed by atoms with Crippen molar-refractivity contribution in [2.75, 3.05) is 32.1 Å². The van der Waals surface area contributed by atoms with Crippen molar-refractivity contribution in [3.05, 3.63) is 65.7 Å². The molecule has 0 amide bonds. The molecule has 1 atom stereocenters. The van der Waals surface area contributed by atoms with Gasteiger partial charge in [-0.15, -0.1) is 0 Å². The number of hydrogen-bond donors (Lipinski definition) is 2. The molecule has 0 radical (unpaired) electrons. The number of rotatable bonds is 7. The lowest BCUT2D eigenvalue weighted by Crippen LogP contribution is -2.31. The van der Waals surface area contributed by atoms with E-state index < -0.39 is 6.04 Å². The Morgan fingerprint density at radius 1 is 1.09 bits per heavy atom. The van der Waals surface area contributed by atoms with Crippen LogP contribution in [0.4, 0.5) is 5.69 Å². The Kier molecular flexibility index (Phi) is 5.69. The zero-order valence-corrected chi connectivity index (χ0v) is 13.0. The molecule has 0 bridgehead atoms. The molecule has 116 valence electrons. The van der Waals surface area contributed by atoms with Gasteiger partial charge in [-0.3, -0.25) is 4.79 Å². The van der Waals surface area contributed by atoms with Crippen LogP contribution in [-0.4, -0.2) is 38.1 Å². The van der Waals surface area contributed by atoms with Gasteiger partial charge in [0.1, 0.15) is 0 Å². The van der Waals surface area contributed by atoms with E-state index >= 15 is 0 Å². The summed E-state index contributed by atoms with van der Waals surface area (Å²) in [5.41, 5.74) is 2.61. The Balaban J connectivity index is 2.25. The molecular weight excluding hydrogens is 276 g/mol. The van der Waals surface area contributed by atoms with Crippen LogP contribution in [0.25, 0.3) is 0 Å².